The molecule has 0 aliphatic heterocycles. The van der Waals surface area contributed by atoms with Crippen molar-refractivity contribution in [3.8, 4) is 0 Å². The predicted molar refractivity (Wildman–Crippen MR) is 69.9 cm³/mol. The molecule has 1 aliphatic rings. The summed E-state index contributed by atoms with van der Waals surface area (Å²) >= 11 is 5.77. The molecule has 0 radical (unpaired) electrons. The van der Waals surface area contributed by atoms with E-state index in [1.54, 1.807) is 6.07 Å². The first kappa shape index (κ1) is 12.8. The van der Waals surface area contributed by atoms with Crippen molar-refractivity contribution in [3.05, 3.63) is 34.6 Å². The first-order chi connectivity index (χ1) is 8.05. The summed E-state index contributed by atoms with van der Waals surface area (Å²) in [5.41, 5.74) is 0.933. The molecule has 94 valence electrons. The molecule has 1 atom stereocenters. The molecule has 1 aromatic carbocycles. The van der Waals surface area contributed by atoms with Crippen molar-refractivity contribution in [2.24, 2.45) is 11.3 Å². The third kappa shape index (κ3) is 2.99. The summed E-state index contributed by atoms with van der Waals surface area (Å²) in [5.74, 6) is 0.547. The molecule has 1 unspecified atom stereocenters. The molecule has 1 aliphatic carbocycles. The van der Waals surface area contributed by atoms with Crippen molar-refractivity contribution in [1.29, 1.82) is 0 Å². The molecule has 0 amide bonds. The molecular formula is C14H19ClFN. The normalized spacial score (nSPS) is 19.1. The first-order valence-electron chi connectivity index (χ1n) is 6.14. The lowest BCUT2D eigenvalue weighted by Gasteiger charge is -2.30. The van der Waals surface area contributed by atoms with Crippen LogP contribution in [0.5, 0.6) is 0 Å². The fourth-order valence-corrected chi connectivity index (χ4v) is 2.79. The molecule has 0 aromatic heterocycles. The Labute approximate surface area is 107 Å². The zero-order valence-electron chi connectivity index (χ0n) is 10.4. The quantitative estimate of drug-likeness (QED) is 0.847. The van der Waals surface area contributed by atoms with Crippen LogP contribution in [0, 0.1) is 17.2 Å². The standard InChI is InChI=1S/C14H19ClFN/c1-14(9-17-2,11-4-5-11)8-10-3-6-12(15)7-13(10)16/h3,6-7,11,17H,4-5,8-9H2,1-2H3. The van der Waals surface area contributed by atoms with Crippen molar-refractivity contribution in [2.75, 3.05) is 13.6 Å². The van der Waals surface area contributed by atoms with Gasteiger partial charge in [-0.3, -0.25) is 0 Å². The van der Waals surface area contributed by atoms with Crippen LogP contribution in [0.25, 0.3) is 0 Å². The number of rotatable bonds is 5. The van der Waals surface area contributed by atoms with Gasteiger partial charge in [0.25, 0.3) is 0 Å². The van der Waals surface area contributed by atoms with E-state index in [1.165, 1.54) is 18.9 Å². The Kier molecular flexibility index (Phi) is 3.74. The molecule has 3 heteroatoms. The minimum absolute atomic E-state index is 0.156. The molecular weight excluding hydrogens is 237 g/mol. The minimum atomic E-state index is -0.180. The highest BCUT2D eigenvalue weighted by Crippen LogP contribution is 2.47. The van der Waals surface area contributed by atoms with Gasteiger partial charge < -0.3 is 5.32 Å². The average Bonchev–Trinajstić information content (AvgIpc) is 3.06. The van der Waals surface area contributed by atoms with Crippen LogP contribution in [0.3, 0.4) is 0 Å². The maximum atomic E-state index is 13.8. The Hall–Kier alpha value is -0.600. The van der Waals surface area contributed by atoms with Crippen LogP contribution in [0.1, 0.15) is 25.3 Å². The van der Waals surface area contributed by atoms with E-state index < -0.39 is 0 Å². The molecule has 0 saturated heterocycles. The summed E-state index contributed by atoms with van der Waals surface area (Å²) < 4.78 is 13.8. The van der Waals surface area contributed by atoms with Gasteiger partial charge in [0.2, 0.25) is 0 Å². The van der Waals surface area contributed by atoms with Crippen molar-refractivity contribution in [2.45, 2.75) is 26.2 Å². The molecule has 1 N–H and O–H groups in total. The van der Waals surface area contributed by atoms with Gasteiger partial charge in [-0.25, -0.2) is 4.39 Å². The van der Waals surface area contributed by atoms with Gasteiger partial charge >= 0.3 is 0 Å². The summed E-state index contributed by atoms with van der Waals surface area (Å²) in [5, 5.41) is 3.70. The largest absolute Gasteiger partial charge is 0.319 e. The fourth-order valence-electron chi connectivity index (χ4n) is 2.64. The number of hydrogen-bond donors (Lipinski definition) is 1. The van der Waals surface area contributed by atoms with Gasteiger partial charge in [0.05, 0.1) is 0 Å². The maximum Gasteiger partial charge on any atom is 0.127 e. The van der Waals surface area contributed by atoms with Gasteiger partial charge in [-0.1, -0.05) is 24.6 Å². The molecule has 2 rings (SSSR count). The van der Waals surface area contributed by atoms with E-state index in [9.17, 15) is 4.39 Å². The van der Waals surface area contributed by atoms with Crippen molar-refractivity contribution in [1.82, 2.24) is 5.32 Å². The van der Waals surface area contributed by atoms with Gasteiger partial charge in [-0.15, -0.1) is 0 Å². The molecule has 1 fully saturated rings. The molecule has 1 saturated carbocycles. The van der Waals surface area contributed by atoms with Gasteiger partial charge in [0, 0.05) is 11.6 Å². The highest BCUT2D eigenvalue weighted by atomic mass is 35.5. The van der Waals surface area contributed by atoms with Gasteiger partial charge in [0.1, 0.15) is 5.82 Å². The van der Waals surface area contributed by atoms with Crippen molar-refractivity contribution < 1.29 is 4.39 Å². The van der Waals surface area contributed by atoms with E-state index in [0.717, 1.165) is 24.4 Å². The summed E-state index contributed by atoms with van der Waals surface area (Å²) in [4.78, 5) is 0. The van der Waals surface area contributed by atoms with Gasteiger partial charge in [-0.2, -0.15) is 0 Å². The summed E-state index contributed by atoms with van der Waals surface area (Å²) in [7, 11) is 1.96. The van der Waals surface area contributed by atoms with Crippen LogP contribution in [-0.2, 0) is 6.42 Å². The van der Waals surface area contributed by atoms with E-state index >= 15 is 0 Å². The first-order valence-corrected chi connectivity index (χ1v) is 6.51. The van der Waals surface area contributed by atoms with Crippen LogP contribution in [-0.4, -0.2) is 13.6 Å². The maximum absolute atomic E-state index is 13.8. The van der Waals surface area contributed by atoms with E-state index in [2.05, 4.69) is 12.2 Å². The van der Waals surface area contributed by atoms with Crippen LogP contribution >= 0.6 is 11.6 Å². The van der Waals surface area contributed by atoms with Crippen LogP contribution < -0.4 is 5.32 Å². The second-order valence-electron chi connectivity index (χ2n) is 5.37. The predicted octanol–water partition coefficient (Wildman–Crippen LogP) is 3.66. The highest BCUT2D eigenvalue weighted by molar-refractivity contribution is 6.30. The summed E-state index contributed by atoms with van der Waals surface area (Å²) in [6.07, 6.45) is 3.32. The van der Waals surface area contributed by atoms with E-state index in [4.69, 9.17) is 11.6 Å². The average molecular weight is 256 g/mol. The van der Waals surface area contributed by atoms with E-state index in [1.807, 2.05) is 13.1 Å². The molecule has 0 spiro atoms. The lowest BCUT2D eigenvalue weighted by atomic mass is 9.79. The lowest BCUT2D eigenvalue weighted by Crippen LogP contribution is -2.34. The Morgan fingerprint density at radius 2 is 2.18 bits per heavy atom. The fraction of sp³-hybridized carbons (Fsp3) is 0.571. The van der Waals surface area contributed by atoms with Gasteiger partial charge in [0.15, 0.2) is 0 Å². The Morgan fingerprint density at radius 3 is 2.71 bits per heavy atom. The van der Waals surface area contributed by atoms with Crippen LogP contribution in [0.2, 0.25) is 5.02 Å². The minimum Gasteiger partial charge on any atom is -0.319 e. The van der Waals surface area contributed by atoms with E-state index in [-0.39, 0.29) is 11.2 Å². The second-order valence-corrected chi connectivity index (χ2v) is 5.81. The topological polar surface area (TPSA) is 12.0 Å². The number of hydrogen-bond acceptors (Lipinski definition) is 1. The highest BCUT2D eigenvalue weighted by Gasteiger charge is 2.41. The molecule has 0 bridgehead atoms. The number of halogens is 2. The lowest BCUT2D eigenvalue weighted by molar-refractivity contribution is 0.260. The van der Waals surface area contributed by atoms with Crippen molar-refractivity contribution in [3.63, 3.8) is 0 Å². The Bertz CT molecular complexity index is 403. The summed E-state index contributed by atoms with van der Waals surface area (Å²) in [6.45, 7) is 3.18. The zero-order chi connectivity index (χ0) is 12.5. The van der Waals surface area contributed by atoms with Gasteiger partial charge in [-0.05, 0) is 55.3 Å². The Morgan fingerprint density at radius 1 is 1.47 bits per heavy atom. The second kappa shape index (κ2) is 4.95. The van der Waals surface area contributed by atoms with E-state index in [0.29, 0.717) is 5.02 Å². The zero-order valence-corrected chi connectivity index (χ0v) is 11.1. The third-order valence-electron chi connectivity index (χ3n) is 3.75. The molecule has 17 heavy (non-hydrogen) atoms. The molecule has 1 aromatic rings. The monoisotopic (exact) mass is 255 g/mol. The van der Waals surface area contributed by atoms with Crippen molar-refractivity contribution >= 4 is 11.6 Å². The smallest absolute Gasteiger partial charge is 0.127 e. The van der Waals surface area contributed by atoms with Crippen LogP contribution in [0.15, 0.2) is 18.2 Å². The molecule has 0 heterocycles. The summed E-state index contributed by atoms with van der Waals surface area (Å²) in [6, 6.07) is 4.99. The molecule has 1 nitrogen and oxygen atoms in total. The SMILES string of the molecule is CNCC(C)(Cc1ccc(Cl)cc1F)C1CC1. The Balaban J connectivity index is 2.17. The third-order valence-corrected chi connectivity index (χ3v) is 3.99. The number of benzene rings is 1. The van der Waals surface area contributed by atoms with Crippen LogP contribution in [0.4, 0.5) is 4.39 Å². The number of nitrogens with one attached hydrogen (secondary N) is 1.